The molecule has 2 aliphatic rings. The fourth-order valence-electron chi connectivity index (χ4n) is 3.87. The van der Waals surface area contributed by atoms with Crippen LogP contribution in [0.25, 0.3) is 5.57 Å². The lowest BCUT2D eigenvalue weighted by Gasteiger charge is -2.20. The van der Waals surface area contributed by atoms with E-state index in [-0.39, 0.29) is 11.8 Å². The quantitative estimate of drug-likeness (QED) is 0.718. The summed E-state index contributed by atoms with van der Waals surface area (Å²) in [7, 11) is 0. The molecule has 28 heavy (non-hydrogen) atoms. The Labute approximate surface area is 170 Å². The van der Waals surface area contributed by atoms with E-state index in [9.17, 15) is 9.59 Å². The molecule has 0 aromatic heterocycles. The van der Waals surface area contributed by atoms with Crippen LogP contribution in [-0.2, 0) is 16.0 Å². The molecule has 0 atom stereocenters. The van der Waals surface area contributed by atoms with Gasteiger partial charge in [-0.2, -0.15) is 0 Å². The van der Waals surface area contributed by atoms with Crippen LogP contribution in [0.2, 0.25) is 5.02 Å². The molecule has 1 fully saturated rings. The normalized spacial score (nSPS) is 17.2. The van der Waals surface area contributed by atoms with Gasteiger partial charge in [-0.25, -0.2) is 0 Å². The molecule has 2 aromatic rings. The van der Waals surface area contributed by atoms with Gasteiger partial charge in [-0.3, -0.25) is 14.5 Å². The third kappa shape index (κ3) is 3.57. The Morgan fingerprint density at radius 2 is 1.54 bits per heavy atom. The number of aryl methyl sites for hydroxylation is 1. The van der Waals surface area contributed by atoms with Crippen LogP contribution in [0, 0.1) is 6.92 Å². The topological polar surface area (TPSA) is 40.6 Å². The first-order valence-corrected chi connectivity index (χ1v) is 10.1. The Balaban J connectivity index is 1.63. The van der Waals surface area contributed by atoms with E-state index in [2.05, 4.69) is 4.90 Å². The first-order valence-electron chi connectivity index (χ1n) is 9.71. The van der Waals surface area contributed by atoms with Crippen LogP contribution in [0.5, 0.6) is 0 Å². The Kier molecular flexibility index (Phi) is 5.23. The average Bonchev–Trinajstić information content (AvgIpc) is 3.29. The number of amides is 2. The summed E-state index contributed by atoms with van der Waals surface area (Å²) in [6.07, 6.45) is 2.72. The van der Waals surface area contributed by atoms with Gasteiger partial charge in [0.05, 0.1) is 5.57 Å². The summed E-state index contributed by atoms with van der Waals surface area (Å²) in [5, 5.41) is 0.678. The summed E-state index contributed by atoms with van der Waals surface area (Å²) in [5.74, 6) is -0.360. The summed E-state index contributed by atoms with van der Waals surface area (Å²) < 4.78 is 0. The Hall–Kier alpha value is -2.59. The molecule has 1 saturated heterocycles. The van der Waals surface area contributed by atoms with Crippen molar-refractivity contribution in [3.05, 3.63) is 75.9 Å². The van der Waals surface area contributed by atoms with E-state index in [1.807, 2.05) is 55.5 Å². The first kappa shape index (κ1) is 18.8. The molecule has 4 rings (SSSR count). The van der Waals surface area contributed by atoms with Gasteiger partial charge in [0.1, 0.15) is 5.70 Å². The van der Waals surface area contributed by atoms with Crippen molar-refractivity contribution in [2.24, 2.45) is 0 Å². The van der Waals surface area contributed by atoms with Gasteiger partial charge in [0.2, 0.25) is 0 Å². The summed E-state index contributed by atoms with van der Waals surface area (Å²) in [6, 6.07) is 15.4. The summed E-state index contributed by atoms with van der Waals surface area (Å²) in [6.45, 7) is 4.04. The Morgan fingerprint density at radius 3 is 2.18 bits per heavy atom. The summed E-state index contributed by atoms with van der Waals surface area (Å²) in [5.41, 5.74) is 4.12. The summed E-state index contributed by atoms with van der Waals surface area (Å²) in [4.78, 5) is 29.9. The number of benzene rings is 2. The molecular weight excluding hydrogens is 372 g/mol. The molecular formula is C23H23ClN2O2. The molecule has 2 amide bonds. The van der Waals surface area contributed by atoms with Gasteiger partial charge >= 0.3 is 0 Å². The number of carbonyl (C=O) groups excluding carboxylic acids is 2. The molecule has 0 aliphatic carbocycles. The largest absolute Gasteiger partial charge is 0.366 e. The van der Waals surface area contributed by atoms with Crippen LogP contribution in [-0.4, -0.2) is 41.2 Å². The molecule has 0 radical (unpaired) electrons. The minimum atomic E-state index is -0.190. The predicted molar refractivity (Wildman–Crippen MR) is 111 cm³/mol. The fraction of sp³-hybridized carbons (Fsp3) is 0.304. The van der Waals surface area contributed by atoms with Crippen molar-refractivity contribution in [1.82, 2.24) is 9.80 Å². The lowest BCUT2D eigenvalue weighted by atomic mass is 10.0. The number of imide groups is 1. The standard InChI is InChI=1S/C23H23ClN2O2/c1-16-4-8-18(9-5-16)20-21(25-13-2-3-14-25)23(28)26(22(20)27)15-12-17-6-10-19(24)11-7-17/h4-11H,2-3,12-15H2,1H3. The van der Waals surface area contributed by atoms with Crippen molar-refractivity contribution in [1.29, 1.82) is 0 Å². The maximum atomic E-state index is 13.2. The van der Waals surface area contributed by atoms with Crippen LogP contribution in [0.1, 0.15) is 29.5 Å². The number of rotatable bonds is 5. The second-order valence-corrected chi connectivity index (χ2v) is 7.86. The monoisotopic (exact) mass is 394 g/mol. The van der Waals surface area contributed by atoms with E-state index in [4.69, 9.17) is 11.6 Å². The van der Waals surface area contributed by atoms with Crippen molar-refractivity contribution < 1.29 is 9.59 Å². The third-order valence-corrected chi connectivity index (χ3v) is 5.70. The highest BCUT2D eigenvalue weighted by Crippen LogP contribution is 2.33. The van der Waals surface area contributed by atoms with Crippen LogP contribution in [0.3, 0.4) is 0 Å². The molecule has 5 heteroatoms. The molecule has 144 valence electrons. The van der Waals surface area contributed by atoms with Crippen molar-refractivity contribution in [2.75, 3.05) is 19.6 Å². The highest BCUT2D eigenvalue weighted by atomic mass is 35.5. The fourth-order valence-corrected chi connectivity index (χ4v) is 4.00. The number of hydrogen-bond donors (Lipinski definition) is 0. The van der Waals surface area contributed by atoms with Crippen LogP contribution in [0.4, 0.5) is 0 Å². The molecule has 2 aliphatic heterocycles. The van der Waals surface area contributed by atoms with Gasteiger partial charge in [0.15, 0.2) is 0 Å². The average molecular weight is 395 g/mol. The highest BCUT2D eigenvalue weighted by Gasteiger charge is 2.41. The third-order valence-electron chi connectivity index (χ3n) is 5.44. The van der Waals surface area contributed by atoms with Crippen molar-refractivity contribution in [3.8, 4) is 0 Å². The van der Waals surface area contributed by atoms with Gasteiger partial charge in [-0.05, 0) is 49.4 Å². The summed E-state index contributed by atoms with van der Waals surface area (Å²) >= 11 is 5.94. The van der Waals surface area contributed by atoms with E-state index in [1.165, 1.54) is 4.90 Å². The van der Waals surface area contributed by atoms with Gasteiger partial charge in [-0.1, -0.05) is 53.6 Å². The van der Waals surface area contributed by atoms with E-state index >= 15 is 0 Å². The zero-order valence-corrected chi connectivity index (χ0v) is 16.7. The van der Waals surface area contributed by atoms with Gasteiger partial charge in [0.25, 0.3) is 11.8 Å². The molecule has 0 spiro atoms. The number of nitrogens with zero attached hydrogens (tertiary/aromatic N) is 2. The number of carbonyl (C=O) groups is 2. The molecule has 0 N–H and O–H groups in total. The SMILES string of the molecule is Cc1ccc(C2=C(N3CCCC3)C(=O)N(CCc3ccc(Cl)cc3)C2=O)cc1. The van der Waals surface area contributed by atoms with E-state index in [1.54, 1.807) is 0 Å². The van der Waals surface area contributed by atoms with Gasteiger partial charge in [0, 0.05) is 24.7 Å². The molecule has 0 bridgehead atoms. The minimum absolute atomic E-state index is 0.170. The van der Waals surface area contributed by atoms with Gasteiger partial charge < -0.3 is 4.90 Å². The second-order valence-electron chi connectivity index (χ2n) is 7.42. The number of hydrogen-bond acceptors (Lipinski definition) is 3. The lowest BCUT2D eigenvalue weighted by molar-refractivity contribution is -0.137. The number of likely N-dealkylation sites (tertiary alicyclic amines) is 1. The van der Waals surface area contributed by atoms with Gasteiger partial charge in [-0.15, -0.1) is 0 Å². The molecule has 2 heterocycles. The maximum Gasteiger partial charge on any atom is 0.277 e. The van der Waals surface area contributed by atoms with Crippen molar-refractivity contribution in [3.63, 3.8) is 0 Å². The zero-order valence-electron chi connectivity index (χ0n) is 16.0. The molecule has 0 saturated carbocycles. The van der Waals surface area contributed by atoms with Crippen LogP contribution >= 0.6 is 11.6 Å². The van der Waals surface area contributed by atoms with E-state index < -0.39 is 0 Å². The second kappa shape index (κ2) is 7.80. The lowest BCUT2D eigenvalue weighted by Crippen LogP contribution is -2.36. The molecule has 2 aromatic carbocycles. The van der Waals surface area contributed by atoms with Crippen molar-refractivity contribution in [2.45, 2.75) is 26.2 Å². The number of halogens is 1. The highest BCUT2D eigenvalue weighted by molar-refractivity contribution is 6.35. The predicted octanol–water partition coefficient (Wildman–Crippen LogP) is 4.07. The Bertz CT molecular complexity index is 926. The van der Waals surface area contributed by atoms with E-state index in [0.29, 0.717) is 29.3 Å². The minimum Gasteiger partial charge on any atom is -0.366 e. The first-order chi connectivity index (χ1) is 13.5. The van der Waals surface area contributed by atoms with Crippen LogP contribution < -0.4 is 0 Å². The van der Waals surface area contributed by atoms with Crippen molar-refractivity contribution >= 4 is 29.0 Å². The smallest absolute Gasteiger partial charge is 0.277 e. The Morgan fingerprint density at radius 1 is 0.893 bits per heavy atom. The zero-order chi connectivity index (χ0) is 19.7. The molecule has 4 nitrogen and oxygen atoms in total. The van der Waals surface area contributed by atoms with E-state index in [0.717, 1.165) is 42.6 Å². The molecule has 0 unspecified atom stereocenters. The maximum absolute atomic E-state index is 13.2. The van der Waals surface area contributed by atoms with Crippen LogP contribution in [0.15, 0.2) is 54.2 Å².